The number of nitrogens with one attached hydrogen (secondary N) is 1. The zero-order chi connectivity index (χ0) is 13.5. The summed E-state index contributed by atoms with van der Waals surface area (Å²) < 4.78 is 10.8. The first-order valence-corrected chi connectivity index (χ1v) is 6.28. The Bertz CT molecular complexity index is 383. The predicted molar refractivity (Wildman–Crippen MR) is 72.6 cm³/mol. The van der Waals surface area contributed by atoms with Crippen molar-refractivity contribution in [2.75, 3.05) is 20.8 Å². The average molecular weight is 274 g/mol. The summed E-state index contributed by atoms with van der Waals surface area (Å²) in [6.07, 6.45) is 0.163. The first kappa shape index (κ1) is 15.1. The second kappa shape index (κ2) is 7.46. The van der Waals surface area contributed by atoms with Gasteiger partial charge in [0, 0.05) is 13.0 Å². The third-order valence-corrected chi connectivity index (χ3v) is 2.73. The van der Waals surface area contributed by atoms with Gasteiger partial charge in [-0.1, -0.05) is 11.6 Å². The van der Waals surface area contributed by atoms with Gasteiger partial charge in [-0.15, -0.1) is 0 Å². The van der Waals surface area contributed by atoms with Crippen molar-refractivity contribution in [3.63, 3.8) is 0 Å². The van der Waals surface area contributed by atoms with Crippen LogP contribution in [0.1, 0.15) is 18.9 Å². The quantitative estimate of drug-likeness (QED) is 0.800. The van der Waals surface area contributed by atoms with Crippen LogP contribution >= 0.6 is 11.6 Å². The lowest BCUT2D eigenvalue weighted by Gasteiger charge is -2.14. The maximum Gasteiger partial charge on any atom is 0.179 e. The number of halogens is 1. The molecule has 18 heavy (non-hydrogen) atoms. The molecule has 1 aromatic rings. The van der Waals surface area contributed by atoms with E-state index in [2.05, 4.69) is 5.32 Å². The van der Waals surface area contributed by atoms with E-state index in [1.807, 2.05) is 19.2 Å². The Morgan fingerprint density at radius 1 is 1.44 bits per heavy atom. The molecule has 0 aliphatic carbocycles. The van der Waals surface area contributed by atoms with Gasteiger partial charge in [0.25, 0.3) is 0 Å². The van der Waals surface area contributed by atoms with Crippen molar-refractivity contribution >= 4 is 11.6 Å². The summed E-state index contributed by atoms with van der Waals surface area (Å²) in [5.41, 5.74) is 1.03. The lowest BCUT2D eigenvalue weighted by Crippen LogP contribution is -2.09. The molecule has 1 rings (SSSR count). The van der Waals surface area contributed by atoms with Crippen molar-refractivity contribution in [1.29, 1.82) is 0 Å². The van der Waals surface area contributed by atoms with Crippen molar-refractivity contribution < 1.29 is 14.6 Å². The van der Waals surface area contributed by atoms with Crippen LogP contribution in [0.5, 0.6) is 11.5 Å². The summed E-state index contributed by atoms with van der Waals surface area (Å²) in [6.45, 7) is 2.83. The molecule has 0 aromatic heterocycles. The molecule has 102 valence electrons. The van der Waals surface area contributed by atoms with E-state index in [1.54, 1.807) is 14.0 Å². The van der Waals surface area contributed by atoms with Crippen LogP contribution < -0.4 is 14.8 Å². The number of hydrogen-bond acceptors (Lipinski definition) is 4. The van der Waals surface area contributed by atoms with Crippen LogP contribution in [-0.4, -0.2) is 32.0 Å². The van der Waals surface area contributed by atoms with Gasteiger partial charge in [-0.05, 0) is 31.7 Å². The SMILES string of the molecule is CNCc1cc(Cl)c(OCCC(C)O)c(OC)c1. The minimum absolute atomic E-state index is 0.390. The van der Waals surface area contributed by atoms with Gasteiger partial charge in [0.05, 0.1) is 24.8 Å². The molecular formula is C13H20ClNO3. The van der Waals surface area contributed by atoms with E-state index in [-0.39, 0.29) is 0 Å². The van der Waals surface area contributed by atoms with Crippen LogP contribution in [0.15, 0.2) is 12.1 Å². The van der Waals surface area contributed by atoms with E-state index in [0.717, 1.165) is 5.56 Å². The number of ether oxygens (including phenoxy) is 2. The van der Waals surface area contributed by atoms with E-state index >= 15 is 0 Å². The minimum atomic E-state index is -0.390. The van der Waals surface area contributed by atoms with E-state index in [0.29, 0.717) is 36.1 Å². The molecule has 1 aromatic carbocycles. The molecule has 0 saturated heterocycles. The van der Waals surface area contributed by atoms with Gasteiger partial charge in [0.1, 0.15) is 0 Å². The van der Waals surface area contributed by atoms with Crippen molar-refractivity contribution in [2.24, 2.45) is 0 Å². The Balaban J connectivity index is 2.82. The number of hydrogen-bond donors (Lipinski definition) is 2. The zero-order valence-corrected chi connectivity index (χ0v) is 11.8. The molecular weight excluding hydrogens is 254 g/mol. The van der Waals surface area contributed by atoms with Crippen molar-refractivity contribution in [3.8, 4) is 11.5 Å². The number of methoxy groups -OCH3 is 1. The van der Waals surface area contributed by atoms with E-state index in [9.17, 15) is 5.11 Å². The summed E-state index contributed by atoms with van der Waals surface area (Å²) >= 11 is 6.17. The lowest BCUT2D eigenvalue weighted by atomic mass is 10.2. The third kappa shape index (κ3) is 4.37. The summed E-state index contributed by atoms with van der Waals surface area (Å²) in [5.74, 6) is 1.14. The van der Waals surface area contributed by atoms with Gasteiger partial charge >= 0.3 is 0 Å². The maximum absolute atomic E-state index is 9.19. The smallest absolute Gasteiger partial charge is 0.179 e. The van der Waals surface area contributed by atoms with Gasteiger partial charge in [0.15, 0.2) is 11.5 Å². The second-order valence-corrected chi connectivity index (χ2v) is 4.53. The normalized spacial score (nSPS) is 12.3. The van der Waals surface area contributed by atoms with Crippen LogP contribution in [0.25, 0.3) is 0 Å². The first-order valence-electron chi connectivity index (χ1n) is 5.90. The Morgan fingerprint density at radius 3 is 2.72 bits per heavy atom. The Labute approximate surface area is 113 Å². The summed E-state index contributed by atoms with van der Waals surface area (Å²) in [4.78, 5) is 0. The van der Waals surface area contributed by atoms with Crippen LogP contribution in [0.3, 0.4) is 0 Å². The Morgan fingerprint density at radius 2 is 2.17 bits per heavy atom. The highest BCUT2D eigenvalue weighted by Crippen LogP contribution is 2.36. The number of aliphatic hydroxyl groups excluding tert-OH is 1. The van der Waals surface area contributed by atoms with E-state index < -0.39 is 6.10 Å². The topological polar surface area (TPSA) is 50.7 Å². The van der Waals surface area contributed by atoms with E-state index in [4.69, 9.17) is 21.1 Å². The molecule has 0 saturated carbocycles. The zero-order valence-electron chi connectivity index (χ0n) is 11.0. The molecule has 1 unspecified atom stereocenters. The van der Waals surface area contributed by atoms with Crippen LogP contribution in [0, 0.1) is 0 Å². The Kier molecular flexibility index (Phi) is 6.25. The fourth-order valence-corrected chi connectivity index (χ4v) is 1.84. The fraction of sp³-hybridized carbons (Fsp3) is 0.538. The molecule has 0 radical (unpaired) electrons. The van der Waals surface area contributed by atoms with Gasteiger partial charge < -0.3 is 19.9 Å². The molecule has 5 heteroatoms. The summed E-state index contributed by atoms with van der Waals surface area (Å²) in [6, 6.07) is 3.73. The third-order valence-electron chi connectivity index (χ3n) is 2.45. The highest BCUT2D eigenvalue weighted by Gasteiger charge is 2.12. The molecule has 0 aliphatic heterocycles. The van der Waals surface area contributed by atoms with Crippen molar-refractivity contribution in [2.45, 2.75) is 26.0 Å². The molecule has 0 amide bonds. The minimum Gasteiger partial charge on any atom is -0.493 e. The molecule has 1 atom stereocenters. The molecule has 0 fully saturated rings. The molecule has 4 nitrogen and oxygen atoms in total. The molecule has 0 bridgehead atoms. The Hall–Kier alpha value is -0.970. The highest BCUT2D eigenvalue weighted by molar-refractivity contribution is 6.32. The highest BCUT2D eigenvalue weighted by atomic mass is 35.5. The number of aliphatic hydroxyl groups is 1. The van der Waals surface area contributed by atoms with Gasteiger partial charge in [-0.25, -0.2) is 0 Å². The van der Waals surface area contributed by atoms with Gasteiger partial charge in [-0.3, -0.25) is 0 Å². The second-order valence-electron chi connectivity index (χ2n) is 4.13. The van der Waals surface area contributed by atoms with Gasteiger partial charge in [0.2, 0.25) is 0 Å². The number of benzene rings is 1. The largest absolute Gasteiger partial charge is 0.493 e. The fourth-order valence-electron chi connectivity index (χ4n) is 1.55. The van der Waals surface area contributed by atoms with Crippen LogP contribution in [-0.2, 0) is 6.54 Å². The average Bonchev–Trinajstić information content (AvgIpc) is 2.31. The van der Waals surface area contributed by atoms with Crippen LogP contribution in [0.2, 0.25) is 5.02 Å². The van der Waals surface area contributed by atoms with E-state index in [1.165, 1.54) is 0 Å². The predicted octanol–water partition coefficient (Wildman–Crippen LogP) is 2.22. The molecule has 0 aliphatic rings. The monoisotopic (exact) mass is 273 g/mol. The maximum atomic E-state index is 9.19. The van der Waals surface area contributed by atoms with Crippen molar-refractivity contribution in [3.05, 3.63) is 22.7 Å². The van der Waals surface area contributed by atoms with Gasteiger partial charge in [-0.2, -0.15) is 0 Å². The summed E-state index contributed by atoms with van der Waals surface area (Å²) in [7, 11) is 3.45. The van der Waals surface area contributed by atoms with Crippen molar-refractivity contribution in [1.82, 2.24) is 5.32 Å². The number of rotatable bonds is 7. The summed E-state index contributed by atoms with van der Waals surface area (Å²) in [5, 5.41) is 12.8. The molecule has 0 heterocycles. The molecule has 2 N–H and O–H groups in total. The lowest BCUT2D eigenvalue weighted by molar-refractivity contribution is 0.154. The molecule has 0 spiro atoms. The standard InChI is InChI=1S/C13H20ClNO3/c1-9(16)4-5-18-13-11(14)6-10(8-15-2)7-12(13)17-3/h6-7,9,15-16H,4-5,8H2,1-3H3. The first-order chi connectivity index (χ1) is 8.58. The van der Waals surface area contributed by atoms with Crippen LogP contribution in [0.4, 0.5) is 0 Å².